The first-order valence-corrected chi connectivity index (χ1v) is 8.26. The van der Waals surface area contributed by atoms with E-state index in [1.54, 1.807) is 0 Å². The minimum absolute atomic E-state index is 0.280. The van der Waals surface area contributed by atoms with Crippen LogP contribution in [0.5, 0.6) is 0 Å². The van der Waals surface area contributed by atoms with Gasteiger partial charge >= 0.3 is 0 Å². The Morgan fingerprint density at radius 2 is 2.12 bits per heavy atom. The van der Waals surface area contributed by atoms with Crippen LogP contribution in [0.1, 0.15) is 39.5 Å². The Morgan fingerprint density at radius 1 is 1.35 bits per heavy atom. The first kappa shape index (κ1) is 13.7. The van der Waals surface area contributed by atoms with E-state index < -0.39 is 0 Å². The van der Waals surface area contributed by atoms with Crippen molar-refractivity contribution in [2.24, 2.45) is 17.6 Å². The minimum atomic E-state index is 0.280. The minimum Gasteiger partial charge on any atom is -0.329 e. The molecule has 1 heterocycles. The van der Waals surface area contributed by atoms with Gasteiger partial charge in [0, 0.05) is 23.9 Å². The summed E-state index contributed by atoms with van der Waals surface area (Å²) in [4.78, 5) is 2.66. The lowest BCUT2D eigenvalue weighted by molar-refractivity contribution is -0.00364. The van der Waals surface area contributed by atoms with Gasteiger partial charge < -0.3 is 5.73 Å². The van der Waals surface area contributed by atoms with Crippen LogP contribution in [0.15, 0.2) is 0 Å². The first-order chi connectivity index (χ1) is 8.10. The molecule has 3 heteroatoms. The summed E-state index contributed by atoms with van der Waals surface area (Å²) in [5.41, 5.74) is 6.47. The van der Waals surface area contributed by atoms with Gasteiger partial charge in [-0.25, -0.2) is 0 Å². The van der Waals surface area contributed by atoms with E-state index in [2.05, 4.69) is 37.6 Å². The van der Waals surface area contributed by atoms with Crippen molar-refractivity contribution >= 4 is 11.8 Å². The molecular formula is C14H28N2S. The molecule has 1 aliphatic carbocycles. The fourth-order valence-corrected chi connectivity index (χ4v) is 5.11. The van der Waals surface area contributed by atoms with Crippen molar-refractivity contribution in [1.29, 1.82) is 0 Å². The highest BCUT2D eigenvalue weighted by Gasteiger charge is 2.44. The van der Waals surface area contributed by atoms with Crippen LogP contribution in [0.2, 0.25) is 0 Å². The Labute approximate surface area is 111 Å². The lowest BCUT2D eigenvalue weighted by Crippen LogP contribution is -2.61. The highest BCUT2D eigenvalue weighted by atomic mass is 32.2. The molecule has 0 bridgehead atoms. The van der Waals surface area contributed by atoms with E-state index in [-0.39, 0.29) is 5.54 Å². The second kappa shape index (κ2) is 5.50. The summed E-state index contributed by atoms with van der Waals surface area (Å²) in [6, 6.07) is 0.763. The van der Waals surface area contributed by atoms with Gasteiger partial charge in [-0.3, -0.25) is 4.90 Å². The third-order valence-corrected chi connectivity index (χ3v) is 6.40. The second-order valence-electron chi connectivity index (χ2n) is 6.22. The third kappa shape index (κ3) is 2.52. The highest BCUT2D eigenvalue weighted by Crippen LogP contribution is 2.42. The molecule has 0 amide bonds. The normalized spacial score (nSPS) is 43.2. The summed E-state index contributed by atoms with van der Waals surface area (Å²) in [5.74, 6) is 4.27. The van der Waals surface area contributed by atoms with E-state index in [4.69, 9.17) is 5.73 Å². The predicted molar refractivity (Wildman–Crippen MR) is 77.5 cm³/mol. The predicted octanol–water partition coefficient (Wildman–Crippen LogP) is 2.58. The van der Waals surface area contributed by atoms with E-state index >= 15 is 0 Å². The van der Waals surface area contributed by atoms with Crippen LogP contribution in [0, 0.1) is 11.8 Å². The topological polar surface area (TPSA) is 29.3 Å². The standard InChI is InChI=1S/C14H28N2S/c1-11-4-6-14(10-15,12(2)8-11)16(3)13-5-7-17-9-13/h11-13H,4-10,15H2,1-3H3. The molecule has 4 atom stereocenters. The zero-order chi connectivity index (χ0) is 12.5. The fourth-order valence-electron chi connectivity index (χ4n) is 3.85. The van der Waals surface area contributed by atoms with Crippen LogP contribution < -0.4 is 5.73 Å². The average Bonchev–Trinajstić information content (AvgIpc) is 2.82. The van der Waals surface area contributed by atoms with Gasteiger partial charge in [-0.15, -0.1) is 0 Å². The Morgan fingerprint density at radius 3 is 2.65 bits per heavy atom. The molecule has 2 fully saturated rings. The molecule has 17 heavy (non-hydrogen) atoms. The summed E-state index contributed by atoms with van der Waals surface area (Å²) in [7, 11) is 2.33. The molecule has 0 spiro atoms. The molecule has 2 N–H and O–H groups in total. The summed E-state index contributed by atoms with van der Waals surface area (Å²) < 4.78 is 0. The maximum absolute atomic E-state index is 6.19. The smallest absolute Gasteiger partial charge is 0.0357 e. The van der Waals surface area contributed by atoms with Crippen LogP contribution in [0.3, 0.4) is 0 Å². The van der Waals surface area contributed by atoms with Crippen molar-refractivity contribution in [3.8, 4) is 0 Å². The SMILES string of the molecule is CC1CCC(CN)(N(C)C2CCSC2)C(C)C1. The summed E-state index contributed by atoms with van der Waals surface area (Å²) in [5, 5.41) is 0. The molecule has 100 valence electrons. The maximum atomic E-state index is 6.19. The van der Waals surface area contributed by atoms with Crippen LogP contribution in [-0.4, -0.2) is 41.6 Å². The van der Waals surface area contributed by atoms with Crippen molar-refractivity contribution in [1.82, 2.24) is 4.90 Å². The molecule has 0 radical (unpaired) electrons. The number of likely N-dealkylation sites (N-methyl/N-ethyl adjacent to an activating group) is 1. The molecule has 4 unspecified atom stereocenters. The Bertz CT molecular complexity index is 253. The van der Waals surface area contributed by atoms with Gasteiger partial charge in [0.05, 0.1) is 0 Å². The zero-order valence-electron chi connectivity index (χ0n) is 11.6. The molecule has 2 rings (SSSR count). The van der Waals surface area contributed by atoms with Crippen molar-refractivity contribution in [3.63, 3.8) is 0 Å². The van der Waals surface area contributed by atoms with Gasteiger partial charge in [-0.2, -0.15) is 11.8 Å². The largest absolute Gasteiger partial charge is 0.329 e. The first-order valence-electron chi connectivity index (χ1n) is 7.11. The summed E-state index contributed by atoms with van der Waals surface area (Å²) in [6.45, 7) is 5.64. The Kier molecular flexibility index (Phi) is 4.43. The quantitative estimate of drug-likeness (QED) is 0.841. The van der Waals surface area contributed by atoms with Gasteiger partial charge in [-0.05, 0) is 50.3 Å². The third-order valence-electron chi connectivity index (χ3n) is 5.25. The Hall–Kier alpha value is 0.270. The van der Waals surface area contributed by atoms with E-state index in [1.807, 2.05) is 0 Å². The maximum Gasteiger partial charge on any atom is 0.0357 e. The highest BCUT2D eigenvalue weighted by molar-refractivity contribution is 7.99. The van der Waals surface area contributed by atoms with E-state index in [1.165, 1.54) is 37.2 Å². The van der Waals surface area contributed by atoms with E-state index in [0.717, 1.165) is 24.4 Å². The number of thioether (sulfide) groups is 1. The molecule has 1 saturated carbocycles. The lowest BCUT2D eigenvalue weighted by atomic mass is 9.68. The van der Waals surface area contributed by atoms with Crippen molar-refractivity contribution in [2.75, 3.05) is 25.1 Å². The summed E-state index contributed by atoms with van der Waals surface area (Å²) >= 11 is 2.10. The van der Waals surface area contributed by atoms with Gasteiger partial charge in [-0.1, -0.05) is 13.8 Å². The molecule has 0 aromatic heterocycles. The fraction of sp³-hybridized carbons (Fsp3) is 1.00. The van der Waals surface area contributed by atoms with Gasteiger partial charge in [0.15, 0.2) is 0 Å². The molecule has 0 aromatic carbocycles. The monoisotopic (exact) mass is 256 g/mol. The van der Waals surface area contributed by atoms with E-state index in [0.29, 0.717) is 0 Å². The molecule has 1 aliphatic heterocycles. The van der Waals surface area contributed by atoms with Crippen LogP contribution in [0.4, 0.5) is 0 Å². The van der Waals surface area contributed by atoms with Crippen molar-refractivity contribution in [3.05, 3.63) is 0 Å². The number of hydrogen-bond acceptors (Lipinski definition) is 3. The number of nitrogens with two attached hydrogens (primary N) is 1. The molecule has 1 saturated heterocycles. The number of rotatable bonds is 3. The molecule has 0 aromatic rings. The van der Waals surface area contributed by atoms with Crippen LogP contribution >= 0.6 is 11.8 Å². The van der Waals surface area contributed by atoms with Gasteiger partial charge in [0.1, 0.15) is 0 Å². The lowest BCUT2D eigenvalue weighted by Gasteiger charge is -2.52. The second-order valence-corrected chi connectivity index (χ2v) is 7.37. The van der Waals surface area contributed by atoms with Crippen molar-refractivity contribution < 1.29 is 0 Å². The molecule has 2 nitrogen and oxygen atoms in total. The Balaban J connectivity index is 2.11. The molecular weight excluding hydrogens is 228 g/mol. The van der Waals surface area contributed by atoms with Crippen molar-refractivity contribution in [2.45, 2.75) is 51.1 Å². The number of nitrogens with zero attached hydrogens (tertiary/aromatic N) is 1. The van der Waals surface area contributed by atoms with Crippen LogP contribution in [-0.2, 0) is 0 Å². The van der Waals surface area contributed by atoms with Gasteiger partial charge in [0.2, 0.25) is 0 Å². The van der Waals surface area contributed by atoms with E-state index in [9.17, 15) is 0 Å². The summed E-state index contributed by atoms with van der Waals surface area (Å²) in [6.07, 6.45) is 5.35. The van der Waals surface area contributed by atoms with Crippen LogP contribution in [0.25, 0.3) is 0 Å². The average molecular weight is 256 g/mol. The number of hydrogen-bond donors (Lipinski definition) is 1. The zero-order valence-corrected chi connectivity index (χ0v) is 12.4. The molecule has 2 aliphatic rings. The van der Waals surface area contributed by atoms with Gasteiger partial charge in [0.25, 0.3) is 0 Å².